The molecule has 0 aliphatic rings. The highest BCUT2D eigenvalue weighted by atomic mass is 32.2. The van der Waals surface area contributed by atoms with Crippen LogP contribution in [0.1, 0.15) is 0 Å². The van der Waals surface area contributed by atoms with Crippen molar-refractivity contribution >= 4 is 27.3 Å². The molecule has 0 heterocycles. The lowest BCUT2D eigenvalue weighted by Gasteiger charge is -2.12. The molecule has 0 aromatic heterocycles. The van der Waals surface area contributed by atoms with Gasteiger partial charge in [0.25, 0.3) is 5.91 Å². The summed E-state index contributed by atoms with van der Waals surface area (Å²) in [6.07, 6.45) is 0. The SMILES string of the molecule is CN(C)S(=O)(=O)c1ccc(NC(=O)COc2ccc([N+](=O)[O-])c(F)c2)cc1. The Hall–Kier alpha value is -3.05. The van der Waals surface area contributed by atoms with Gasteiger partial charge in [-0.2, -0.15) is 4.39 Å². The molecule has 11 heteroatoms. The third kappa shape index (κ3) is 4.99. The summed E-state index contributed by atoms with van der Waals surface area (Å²) in [5.74, 6) is -1.69. The highest BCUT2D eigenvalue weighted by Crippen LogP contribution is 2.22. The number of nitrogens with zero attached hydrogens (tertiary/aromatic N) is 2. The van der Waals surface area contributed by atoms with E-state index in [1.807, 2.05) is 0 Å². The maximum Gasteiger partial charge on any atom is 0.305 e. The zero-order valence-corrected chi connectivity index (χ0v) is 15.2. The summed E-state index contributed by atoms with van der Waals surface area (Å²) in [6, 6.07) is 8.45. The first-order valence-corrected chi connectivity index (χ1v) is 8.94. The van der Waals surface area contributed by atoms with Crippen molar-refractivity contribution < 1.29 is 27.3 Å². The van der Waals surface area contributed by atoms with Crippen LogP contribution in [0.5, 0.6) is 5.75 Å². The van der Waals surface area contributed by atoms with Gasteiger partial charge in [0.2, 0.25) is 15.8 Å². The predicted molar refractivity (Wildman–Crippen MR) is 94.5 cm³/mol. The fourth-order valence-corrected chi connectivity index (χ4v) is 2.89. The van der Waals surface area contributed by atoms with Gasteiger partial charge in [-0.1, -0.05) is 0 Å². The van der Waals surface area contributed by atoms with E-state index in [1.165, 1.54) is 44.4 Å². The molecule has 9 nitrogen and oxygen atoms in total. The summed E-state index contributed by atoms with van der Waals surface area (Å²) in [6.45, 7) is -0.463. The van der Waals surface area contributed by atoms with Crippen LogP contribution in [0.4, 0.5) is 15.8 Å². The first kappa shape index (κ1) is 20.3. The monoisotopic (exact) mass is 397 g/mol. The van der Waals surface area contributed by atoms with Crippen LogP contribution in [-0.2, 0) is 14.8 Å². The Morgan fingerprint density at radius 2 is 1.85 bits per heavy atom. The second-order valence-corrected chi connectivity index (χ2v) is 7.67. The van der Waals surface area contributed by atoms with Gasteiger partial charge in [0.05, 0.1) is 9.82 Å². The number of nitrogens with one attached hydrogen (secondary N) is 1. The van der Waals surface area contributed by atoms with Crippen molar-refractivity contribution in [2.45, 2.75) is 4.90 Å². The minimum Gasteiger partial charge on any atom is -0.484 e. The molecule has 0 aliphatic heterocycles. The lowest BCUT2D eigenvalue weighted by Crippen LogP contribution is -2.22. The second-order valence-electron chi connectivity index (χ2n) is 5.52. The molecule has 0 aliphatic carbocycles. The Morgan fingerprint density at radius 3 is 2.37 bits per heavy atom. The minimum absolute atomic E-state index is 0.0410. The van der Waals surface area contributed by atoms with E-state index in [-0.39, 0.29) is 10.6 Å². The number of carbonyl (C=O) groups excluding carboxylic acids is 1. The summed E-state index contributed by atoms with van der Waals surface area (Å²) >= 11 is 0. The Balaban J connectivity index is 1.96. The third-order valence-corrected chi connectivity index (χ3v) is 5.23. The minimum atomic E-state index is -3.57. The van der Waals surface area contributed by atoms with Crippen LogP contribution in [0.15, 0.2) is 47.4 Å². The van der Waals surface area contributed by atoms with E-state index >= 15 is 0 Å². The van der Waals surface area contributed by atoms with Gasteiger partial charge in [-0.15, -0.1) is 0 Å². The second kappa shape index (κ2) is 8.10. The summed E-state index contributed by atoms with van der Waals surface area (Å²) in [4.78, 5) is 21.6. The van der Waals surface area contributed by atoms with Gasteiger partial charge in [-0.3, -0.25) is 14.9 Å². The first-order valence-electron chi connectivity index (χ1n) is 7.50. The molecule has 0 fully saturated rings. The van der Waals surface area contributed by atoms with Crippen LogP contribution >= 0.6 is 0 Å². The van der Waals surface area contributed by atoms with Crippen molar-refractivity contribution in [1.29, 1.82) is 0 Å². The van der Waals surface area contributed by atoms with E-state index in [0.717, 1.165) is 16.4 Å². The highest BCUT2D eigenvalue weighted by Gasteiger charge is 2.17. The number of carbonyl (C=O) groups is 1. The maximum atomic E-state index is 13.5. The van der Waals surface area contributed by atoms with Crippen molar-refractivity contribution in [1.82, 2.24) is 4.31 Å². The van der Waals surface area contributed by atoms with Crippen LogP contribution in [0.3, 0.4) is 0 Å². The van der Waals surface area contributed by atoms with E-state index in [1.54, 1.807) is 0 Å². The molecule has 0 spiro atoms. The Kier molecular flexibility index (Phi) is 6.08. The average molecular weight is 397 g/mol. The van der Waals surface area contributed by atoms with Crippen molar-refractivity contribution in [3.05, 3.63) is 58.4 Å². The molecule has 0 bridgehead atoms. The van der Waals surface area contributed by atoms with E-state index in [9.17, 15) is 27.7 Å². The number of halogens is 1. The van der Waals surface area contributed by atoms with Crippen molar-refractivity contribution in [2.24, 2.45) is 0 Å². The summed E-state index contributed by atoms with van der Waals surface area (Å²) in [7, 11) is -0.757. The average Bonchev–Trinajstić information content (AvgIpc) is 2.60. The molecule has 0 saturated heterocycles. The summed E-state index contributed by atoms with van der Waals surface area (Å²) in [5.41, 5.74) is -0.351. The number of hydrogen-bond acceptors (Lipinski definition) is 6. The number of benzene rings is 2. The van der Waals surface area contributed by atoms with Crippen LogP contribution in [-0.4, -0.2) is 44.3 Å². The Morgan fingerprint density at radius 1 is 1.22 bits per heavy atom. The zero-order chi connectivity index (χ0) is 20.2. The van der Waals surface area contributed by atoms with E-state index < -0.39 is 39.0 Å². The topological polar surface area (TPSA) is 119 Å². The van der Waals surface area contributed by atoms with Crippen LogP contribution < -0.4 is 10.1 Å². The molecule has 144 valence electrons. The molecule has 2 aromatic carbocycles. The van der Waals surface area contributed by atoms with Crippen molar-refractivity contribution in [2.75, 3.05) is 26.0 Å². The number of nitro benzene ring substituents is 1. The number of amides is 1. The van der Waals surface area contributed by atoms with Crippen molar-refractivity contribution in [3.63, 3.8) is 0 Å². The number of anilines is 1. The summed E-state index contributed by atoms with van der Waals surface area (Å²) in [5, 5.41) is 13.0. The third-order valence-electron chi connectivity index (χ3n) is 3.40. The van der Waals surface area contributed by atoms with Gasteiger partial charge in [0, 0.05) is 31.9 Å². The quantitative estimate of drug-likeness (QED) is 0.564. The number of hydrogen-bond donors (Lipinski definition) is 1. The van der Waals surface area contributed by atoms with Crippen molar-refractivity contribution in [3.8, 4) is 5.75 Å². The molecular weight excluding hydrogens is 381 g/mol. The number of rotatable bonds is 7. The van der Waals surface area contributed by atoms with Gasteiger partial charge in [-0.05, 0) is 30.3 Å². The number of sulfonamides is 1. The predicted octanol–water partition coefficient (Wildman–Crippen LogP) is 2.00. The fourth-order valence-electron chi connectivity index (χ4n) is 1.99. The zero-order valence-electron chi connectivity index (χ0n) is 14.4. The molecule has 0 radical (unpaired) electrons. The lowest BCUT2D eigenvalue weighted by atomic mass is 10.3. The lowest BCUT2D eigenvalue weighted by molar-refractivity contribution is -0.387. The molecule has 2 aromatic rings. The normalized spacial score (nSPS) is 11.3. The Bertz CT molecular complexity index is 961. The molecule has 27 heavy (non-hydrogen) atoms. The largest absolute Gasteiger partial charge is 0.484 e. The molecule has 0 atom stereocenters. The molecule has 0 saturated carbocycles. The molecule has 1 amide bonds. The van der Waals surface area contributed by atoms with E-state index in [4.69, 9.17) is 4.74 Å². The molecular formula is C16H16FN3O6S. The smallest absolute Gasteiger partial charge is 0.305 e. The van der Waals surface area contributed by atoms with E-state index in [0.29, 0.717) is 5.69 Å². The fraction of sp³-hybridized carbons (Fsp3) is 0.188. The van der Waals surface area contributed by atoms with Gasteiger partial charge in [0.15, 0.2) is 6.61 Å². The van der Waals surface area contributed by atoms with Gasteiger partial charge >= 0.3 is 5.69 Å². The number of ether oxygens (including phenoxy) is 1. The maximum absolute atomic E-state index is 13.5. The van der Waals surface area contributed by atoms with Gasteiger partial charge < -0.3 is 10.1 Å². The number of nitro groups is 1. The first-order chi connectivity index (χ1) is 12.6. The van der Waals surface area contributed by atoms with Gasteiger partial charge in [-0.25, -0.2) is 12.7 Å². The molecule has 0 unspecified atom stereocenters. The highest BCUT2D eigenvalue weighted by molar-refractivity contribution is 7.89. The summed E-state index contributed by atoms with van der Waals surface area (Å²) < 4.78 is 43.6. The van der Waals surface area contributed by atoms with Crippen LogP contribution in [0.25, 0.3) is 0 Å². The van der Waals surface area contributed by atoms with E-state index in [2.05, 4.69) is 5.32 Å². The molecule has 1 N–H and O–H groups in total. The van der Waals surface area contributed by atoms with Gasteiger partial charge in [0.1, 0.15) is 5.75 Å². The standard InChI is InChI=1S/C16H16FN3O6S/c1-19(2)27(24,25)13-6-3-11(4-7-13)18-16(21)10-26-12-5-8-15(20(22)23)14(17)9-12/h3-9H,10H2,1-2H3,(H,18,21). The Labute approximate surface area is 154 Å². The van der Waals surface area contributed by atoms with Crippen LogP contribution in [0.2, 0.25) is 0 Å². The van der Waals surface area contributed by atoms with Crippen LogP contribution in [0, 0.1) is 15.9 Å². The molecule has 2 rings (SSSR count).